The molecule has 0 aliphatic rings. The van der Waals surface area contributed by atoms with Gasteiger partial charge in [-0.15, -0.1) is 0 Å². The van der Waals surface area contributed by atoms with Gasteiger partial charge in [-0.2, -0.15) is 0 Å². The highest BCUT2D eigenvalue weighted by Gasteiger charge is 2.16. The number of carbonyl (C=O) groups is 2. The summed E-state index contributed by atoms with van der Waals surface area (Å²) in [5.41, 5.74) is 2.23. The van der Waals surface area contributed by atoms with E-state index in [-0.39, 0.29) is 29.5 Å². The largest absolute Gasteiger partial charge is 0.346 e. The van der Waals surface area contributed by atoms with E-state index in [1.165, 1.54) is 6.20 Å². The highest BCUT2D eigenvalue weighted by Crippen LogP contribution is 2.15. The number of hydrogen-bond acceptors (Lipinski definition) is 4. The number of anilines is 1. The van der Waals surface area contributed by atoms with Gasteiger partial charge < -0.3 is 10.6 Å². The predicted octanol–water partition coefficient (Wildman–Crippen LogP) is 3.34. The van der Waals surface area contributed by atoms with E-state index in [1.54, 1.807) is 18.3 Å². The lowest BCUT2D eigenvalue weighted by atomic mass is 10.1. The van der Waals surface area contributed by atoms with Crippen LogP contribution < -0.4 is 10.6 Å². The smallest absolute Gasteiger partial charge is 0.270 e. The van der Waals surface area contributed by atoms with E-state index in [9.17, 15) is 9.59 Å². The molecule has 0 unspecified atom stereocenters. The van der Waals surface area contributed by atoms with E-state index in [1.807, 2.05) is 51.1 Å². The Labute approximate surface area is 158 Å². The number of rotatable bonds is 4. The molecule has 3 aromatic rings. The molecule has 27 heavy (non-hydrogen) atoms. The minimum absolute atomic E-state index is 0.161. The SMILES string of the molecule is CC(C)(C)NC(=O)c1cc(NC(=O)Cc2ccc3ncccc3c2)ccn1. The Kier molecular flexibility index (Phi) is 5.16. The van der Waals surface area contributed by atoms with Gasteiger partial charge in [-0.05, 0) is 56.7 Å². The summed E-state index contributed by atoms with van der Waals surface area (Å²) in [6, 6.07) is 12.8. The summed E-state index contributed by atoms with van der Waals surface area (Å²) < 4.78 is 0. The number of nitrogens with one attached hydrogen (secondary N) is 2. The van der Waals surface area contributed by atoms with Crippen LogP contribution in [0.2, 0.25) is 0 Å². The average molecular weight is 362 g/mol. The van der Waals surface area contributed by atoms with Crippen LogP contribution in [-0.4, -0.2) is 27.3 Å². The fourth-order valence-corrected chi connectivity index (χ4v) is 2.66. The predicted molar refractivity (Wildman–Crippen MR) is 106 cm³/mol. The molecule has 6 nitrogen and oxygen atoms in total. The summed E-state index contributed by atoms with van der Waals surface area (Å²) in [6.45, 7) is 5.70. The van der Waals surface area contributed by atoms with Crippen LogP contribution in [0.15, 0.2) is 54.9 Å². The highest BCUT2D eigenvalue weighted by atomic mass is 16.2. The van der Waals surface area contributed by atoms with Gasteiger partial charge in [-0.3, -0.25) is 19.6 Å². The second-order valence-corrected chi connectivity index (χ2v) is 7.39. The van der Waals surface area contributed by atoms with Crippen LogP contribution in [0.4, 0.5) is 5.69 Å². The Morgan fingerprint density at radius 2 is 1.81 bits per heavy atom. The van der Waals surface area contributed by atoms with E-state index in [2.05, 4.69) is 20.6 Å². The van der Waals surface area contributed by atoms with Gasteiger partial charge in [0.15, 0.2) is 0 Å². The lowest BCUT2D eigenvalue weighted by Crippen LogP contribution is -2.40. The van der Waals surface area contributed by atoms with Gasteiger partial charge in [-0.1, -0.05) is 12.1 Å². The normalized spacial score (nSPS) is 11.2. The maximum Gasteiger partial charge on any atom is 0.270 e. The molecule has 1 aromatic carbocycles. The van der Waals surface area contributed by atoms with Crippen LogP contribution in [-0.2, 0) is 11.2 Å². The van der Waals surface area contributed by atoms with Crippen LogP contribution in [0.5, 0.6) is 0 Å². The molecule has 138 valence electrons. The van der Waals surface area contributed by atoms with E-state index < -0.39 is 0 Å². The number of nitrogens with zero attached hydrogens (tertiary/aromatic N) is 2. The maximum absolute atomic E-state index is 12.4. The van der Waals surface area contributed by atoms with Crippen molar-refractivity contribution in [2.45, 2.75) is 32.7 Å². The fourth-order valence-electron chi connectivity index (χ4n) is 2.66. The third kappa shape index (κ3) is 5.10. The first-order valence-electron chi connectivity index (χ1n) is 8.72. The van der Waals surface area contributed by atoms with Crippen LogP contribution >= 0.6 is 0 Å². The molecule has 2 aromatic heterocycles. The van der Waals surface area contributed by atoms with Gasteiger partial charge in [0.1, 0.15) is 5.69 Å². The second kappa shape index (κ2) is 7.53. The number of fused-ring (bicyclic) bond motifs is 1. The van der Waals surface area contributed by atoms with Crippen LogP contribution in [0.25, 0.3) is 10.9 Å². The summed E-state index contributed by atoms with van der Waals surface area (Å²) in [6.07, 6.45) is 3.48. The minimum atomic E-state index is -0.358. The third-order valence-corrected chi connectivity index (χ3v) is 3.80. The summed E-state index contributed by atoms with van der Waals surface area (Å²) in [7, 11) is 0. The van der Waals surface area contributed by atoms with Gasteiger partial charge >= 0.3 is 0 Å². The van der Waals surface area contributed by atoms with Gasteiger partial charge in [0.05, 0.1) is 11.9 Å². The minimum Gasteiger partial charge on any atom is -0.346 e. The Balaban J connectivity index is 1.68. The molecule has 2 heterocycles. The monoisotopic (exact) mass is 362 g/mol. The first-order valence-corrected chi connectivity index (χ1v) is 8.72. The molecular weight excluding hydrogens is 340 g/mol. The number of aromatic nitrogens is 2. The zero-order valence-corrected chi connectivity index (χ0v) is 15.6. The molecule has 0 saturated carbocycles. The van der Waals surface area contributed by atoms with Crippen LogP contribution in [0.1, 0.15) is 36.8 Å². The number of hydrogen-bond donors (Lipinski definition) is 2. The summed E-state index contributed by atoms with van der Waals surface area (Å²) in [5.74, 6) is -0.438. The third-order valence-electron chi connectivity index (χ3n) is 3.80. The highest BCUT2D eigenvalue weighted by molar-refractivity contribution is 5.96. The van der Waals surface area contributed by atoms with Crippen LogP contribution in [0, 0.1) is 0 Å². The number of pyridine rings is 2. The lowest BCUT2D eigenvalue weighted by Gasteiger charge is -2.20. The van der Waals surface area contributed by atoms with Crippen molar-refractivity contribution in [3.63, 3.8) is 0 Å². The van der Waals surface area contributed by atoms with Crippen LogP contribution in [0.3, 0.4) is 0 Å². The maximum atomic E-state index is 12.4. The average Bonchev–Trinajstić information content (AvgIpc) is 2.60. The molecule has 3 rings (SSSR count). The van der Waals surface area contributed by atoms with Crippen molar-refractivity contribution in [3.05, 3.63) is 66.1 Å². The molecule has 2 N–H and O–H groups in total. The first kappa shape index (κ1) is 18.5. The summed E-state index contributed by atoms with van der Waals surface area (Å²) in [5, 5.41) is 6.67. The molecule has 0 bridgehead atoms. The summed E-state index contributed by atoms with van der Waals surface area (Å²) in [4.78, 5) is 33.0. The van der Waals surface area contributed by atoms with E-state index >= 15 is 0 Å². The van der Waals surface area contributed by atoms with E-state index in [0.29, 0.717) is 5.69 Å². The second-order valence-electron chi connectivity index (χ2n) is 7.39. The van der Waals surface area contributed by atoms with Crippen molar-refractivity contribution in [2.75, 3.05) is 5.32 Å². The molecule has 6 heteroatoms. The number of benzene rings is 1. The Morgan fingerprint density at radius 3 is 2.59 bits per heavy atom. The van der Waals surface area contributed by atoms with Gasteiger partial charge in [-0.25, -0.2) is 0 Å². The Bertz CT molecular complexity index is 993. The quantitative estimate of drug-likeness (QED) is 0.745. The van der Waals surface area contributed by atoms with Crippen molar-refractivity contribution in [1.29, 1.82) is 0 Å². The van der Waals surface area contributed by atoms with E-state index in [0.717, 1.165) is 16.5 Å². The zero-order valence-electron chi connectivity index (χ0n) is 15.6. The molecule has 0 aliphatic carbocycles. The molecule has 0 saturated heterocycles. The molecular formula is C21H22N4O2. The number of carbonyl (C=O) groups excluding carboxylic acids is 2. The van der Waals surface area contributed by atoms with Crippen molar-refractivity contribution in [3.8, 4) is 0 Å². The first-order chi connectivity index (χ1) is 12.8. The molecule has 0 radical (unpaired) electrons. The van der Waals surface area contributed by atoms with Gasteiger partial charge in [0, 0.05) is 29.0 Å². The van der Waals surface area contributed by atoms with Crippen molar-refractivity contribution in [1.82, 2.24) is 15.3 Å². The van der Waals surface area contributed by atoms with Gasteiger partial charge in [0.25, 0.3) is 5.91 Å². The molecule has 0 fully saturated rings. The summed E-state index contributed by atoms with van der Waals surface area (Å²) >= 11 is 0. The fraction of sp³-hybridized carbons (Fsp3) is 0.238. The van der Waals surface area contributed by atoms with E-state index in [4.69, 9.17) is 0 Å². The van der Waals surface area contributed by atoms with Gasteiger partial charge in [0.2, 0.25) is 5.91 Å². The topological polar surface area (TPSA) is 84.0 Å². The molecule has 0 spiro atoms. The number of amides is 2. The zero-order chi connectivity index (χ0) is 19.4. The standard InChI is InChI=1S/C21H22N4O2/c1-21(2,3)25-20(27)18-13-16(8-10-23-18)24-19(26)12-14-6-7-17-15(11-14)5-4-9-22-17/h4-11,13H,12H2,1-3H3,(H,25,27)(H,23,24,26). The Morgan fingerprint density at radius 1 is 1.00 bits per heavy atom. The molecule has 0 atom stereocenters. The van der Waals surface area contributed by atoms with Crippen molar-refractivity contribution >= 4 is 28.4 Å². The Hall–Kier alpha value is -3.28. The molecule has 2 amide bonds. The van der Waals surface area contributed by atoms with Crippen molar-refractivity contribution < 1.29 is 9.59 Å². The van der Waals surface area contributed by atoms with Crippen molar-refractivity contribution in [2.24, 2.45) is 0 Å². The lowest BCUT2D eigenvalue weighted by molar-refractivity contribution is -0.115. The molecule has 0 aliphatic heterocycles.